The molecular weight excluding hydrogens is 378 g/mol. The molecule has 146 valence electrons. The van der Waals surface area contributed by atoms with Gasteiger partial charge in [0.2, 0.25) is 0 Å². The summed E-state index contributed by atoms with van der Waals surface area (Å²) in [7, 11) is 1.03. The van der Waals surface area contributed by atoms with Crippen LogP contribution in [0.5, 0.6) is 11.5 Å². The Morgan fingerprint density at radius 2 is 1.52 bits per heavy atom. The maximum absolute atomic E-state index is 12.9. The number of halogens is 6. The van der Waals surface area contributed by atoms with Crippen LogP contribution in [0.15, 0.2) is 42.5 Å². The molecule has 1 atom stereocenters. The minimum atomic E-state index is -4.67. The molecule has 0 amide bonds. The van der Waals surface area contributed by atoms with E-state index in [1.807, 2.05) is 0 Å². The molecule has 3 nitrogen and oxygen atoms in total. The Bertz CT molecular complexity index is 829. The molecule has 0 aliphatic rings. The van der Waals surface area contributed by atoms with Gasteiger partial charge < -0.3 is 9.47 Å². The van der Waals surface area contributed by atoms with E-state index in [2.05, 4.69) is 0 Å². The van der Waals surface area contributed by atoms with Crippen LogP contribution in [0.25, 0.3) is 0 Å². The van der Waals surface area contributed by atoms with Crippen LogP contribution >= 0.6 is 0 Å². The number of rotatable bonds is 5. The van der Waals surface area contributed by atoms with E-state index < -0.39 is 34.8 Å². The molecule has 2 aromatic rings. The van der Waals surface area contributed by atoms with Crippen LogP contribution in [0.4, 0.5) is 26.3 Å². The maximum Gasteiger partial charge on any atom is 0.419 e. The Labute approximate surface area is 150 Å². The van der Waals surface area contributed by atoms with Gasteiger partial charge in [-0.15, -0.1) is 0 Å². The van der Waals surface area contributed by atoms with Gasteiger partial charge in [-0.1, -0.05) is 12.1 Å². The second kappa shape index (κ2) is 7.13. The average Bonchev–Trinajstić information content (AvgIpc) is 2.60. The zero-order valence-electron chi connectivity index (χ0n) is 14.1. The highest BCUT2D eigenvalue weighted by Gasteiger charge is 2.36. The Hall–Kier alpha value is -2.71. The lowest BCUT2D eigenvalue weighted by Gasteiger charge is -2.26. The van der Waals surface area contributed by atoms with E-state index in [0.29, 0.717) is 6.07 Å². The van der Waals surface area contributed by atoms with Crippen LogP contribution < -0.4 is 9.47 Å². The fraction of sp³-hybridized carbons (Fsp3) is 0.278. The minimum Gasteiger partial charge on any atom is -0.496 e. The number of alkyl halides is 6. The largest absolute Gasteiger partial charge is 0.496 e. The molecule has 0 heterocycles. The molecule has 0 aliphatic heterocycles. The van der Waals surface area contributed by atoms with Crippen molar-refractivity contribution in [3.63, 3.8) is 0 Å². The molecule has 0 bridgehead atoms. The molecule has 0 saturated heterocycles. The first-order chi connectivity index (χ1) is 12.4. The molecule has 0 aromatic heterocycles. The van der Waals surface area contributed by atoms with Gasteiger partial charge in [-0.3, -0.25) is 4.79 Å². The van der Waals surface area contributed by atoms with Gasteiger partial charge in [0, 0.05) is 11.6 Å². The summed E-state index contributed by atoms with van der Waals surface area (Å²) in [6.07, 6.45) is -9.02. The Kier molecular flexibility index (Phi) is 5.44. The van der Waals surface area contributed by atoms with Crippen molar-refractivity contribution in [2.45, 2.75) is 24.9 Å². The monoisotopic (exact) mass is 392 g/mol. The van der Waals surface area contributed by atoms with Crippen molar-refractivity contribution in [1.29, 1.82) is 0 Å². The van der Waals surface area contributed by atoms with E-state index in [0.717, 1.165) is 37.4 Å². The summed E-state index contributed by atoms with van der Waals surface area (Å²) in [6.45, 7) is 1.21. The number of carbonyl (C=O) groups excluding carboxylic acids is 1. The summed E-state index contributed by atoms with van der Waals surface area (Å²) in [6, 6.07) is 6.51. The molecule has 1 unspecified atom stereocenters. The van der Waals surface area contributed by atoms with Gasteiger partial charge in [-0.05, 0) is 31.2 Å². The van der Waals surface area contributed by atoms with E-state index in [4.69, 9.17) is 9.47 Å². The molecule has 27 heavy (non-hydrogen) atoms. The molecule has 2 aromatic carbocycles. The summed E-state index contributed by atoms with van der Waals surface area (Å²) in [5.74, 6) is -0.718. The lowest BCUT2D eigenvalue weighted by Crippen LogP contribution is -2.31. The van der Waals surface area contributed by atoms with E-state index >= 15 is 0 Å². The quantitative estimate of drug-likeness (QED) is 0.517. The molecular formula is C18H14F6O3. The zero-order valence-corrected chi connectivity index (χ0v) is 14.1. The lowest BCUT2D eigenvalue weighted by molar-refractivity contribution is -0.139. The van der Waals surface area contributed by atoms with E-state index in [9.17, 15) is 31.1 Å². The average molecular weight is 392 g/mol. The second-order valence-corrected chi connectivity index (χ2v) is 5.77. The van der Waals surface area contributed by atoms with Crippen molar-refractivity contribution in [1.82, 2.24) is 0 Å². The topological polar surface area (TPSA) is 35.5 Å². The van der Waals surface area contributed by atoms with Gasteiger partial charge in [-0.25, -0.2) is 0 Å². The highest BCUT2D eigenvalue weighted by Crippen LogP contribution is 2.39. The molecule has 0 aliphatic carbocycles. The number of methoxy groups -OCH3 is 1. The van der Waals surface area contributed by atoms with Crippen molar-refractivity contribution in [2.24, 2.45) is 0 Å². The molecule has 0 N–H and O–H groups in total. The predicted octanol–water partition coefficient (Wildman–Crippen LogP) is 5.23. The fourth-order valence-corrected chi connectivity index (χ4v) is 2.37. The number of aldehydes is 1. The van der Waals surface area contributed by atoms with Gasteiger partial charge in [0.25, 0.3) is 0 Å². The van der Waals surface area contributed by atoms with Crippen LogP contribution in [-0.4, -0.2) is 13.4 Å². The van der Waals surface area contributed by atoms with E-state index in [1.54, 1.807) is 0 Å². The van der Waals surface area contributed by atoms with E-state index in [1.165, 1.54) is 13.0 Å². The lowest BCUT2D eigenvalue weighted by atomic mass is 9.95. The second-order valence-electron chi connectivity index (χ2n) is 5.77. The third kappa shape index (κ3) is 4.53. The first kappa shape index (κ1) is 20.6. The molecule has 9 heteroatoms. The minimum absolute atomic E-state index is 0.105. The standard InChI is InChI=1S/C18H14F6O3/c1-16(10-25,11-4-3-5-12(8-11)17(19,20)21)27-13-6-7-14(18(22,23)24)15(9-13)26-2/h3-10H,1-2H3. The number of hydrogen-bond acceptors (Lipinski definition) is 3. The Morgan fingerprint density at radius 3 is 2.04 bits per heavy atom. The maximum atomic E-state index is 12.9. The van der Waals surface area contributed by atoms with Gasteiger partial charge in [0.05, 0.1) is 18.2 Å². The highest BCUT2D eigenvalue weighted by molar-refractivity contribution is 5.66. The van der Waals surface area contributed by atoms with Gasteiger partial charge in [-0.2, -0.15) is 26.3 Å². The van der Waals surface area contributed by atoms with Crippen LogP contribution in [0, 0.1) is 0 Å². The molecule has 0 fully saturated rings. The third-order valence-electron chi connectivity index (χ3n) is 3.80. The normalized spacial score (nSPS) is 14.4. The van der Waals surface area contributed by atoms with Gasteiger partial charge in [0.1, 0.15) is 11.5 Å². The predicted molar refractivity (Wildman–Crippen MR) is 83.5 cm³/mol. The summed E-state index contributed by atoms with van der Waals surface area (Å²) >= 11 is 0. The number of ether oxygens (including phenoxy) is 2. The number of hydrogen-bond donors (Lipinski definition) is 0. The van der Waals surface area contributed by atoms with Crippen LogP contribution in [0.1, 0.15) is 23.6 Å². The SMILES string of the molecule is COc1cc(OC(C)(C=O)c2cccc(C(F)(F)F)c2)ccc1C(F)(F)F. The molecule has 0 radical (unpaired) electrons. The first-order valence-electron chi connectivity index (χ1n) is 7.49. The van der Waals surface area contributed by atoms with Crippen molar-refractivity contribution < 1.29 is 40.6 Å². The van der Waals surface area contributed by atoms with Crippen molar-refractivity contribution >= 4 is 6.29 Å². The van der Waals surface area contributed by atoms with Gasteiger partial charge >= 0.3 is 12.4 Å². The first-order valence-corrected chi connectivity index (χ1v) is 7.49. The highest BCUT2D eigenvalue weighted by atomic mass is 19.4. The molecule has 2 rings (SSSR count). The van der Waals surface area contributed by atoms with Gasteiger partial charge in [0.15, 0.2) is 11.9 Å². The van der Waals surface area contributed by atoms with E-state index in [-0.39, 0.29) is 17.6 Å². The van der Waals surface area contributed by atoms with Crippen molar-refractivity contribution in [3.8, 4) is 11.5 Å². The Morgan fingerprint density at radius 1 is 0.889 bits per heavy atom. The number of carbonyl (C=O) groups is 1. The van der Waals surface area contributed by atoms with Crippen molar-refractivity contribution in [2.75, 3.05) is 7.11 Å². The molecule has 0 saturated carbocycles. The van der Waals surface area contributed by atoms with Crippen molar-refractivity contribution in [3.05, 3.63) is 59.2 Å². The Balaban J connectivity index is 2.43. The smallest absolute Gasteiger partial charge is 0.419 e. The summed E-state index contributed by atoms with van der Waals surface area (Å²) in [5, 5.41) is 0. The van der Waals surface area contributed by atoms with Crippen LogP contribution in [-0.2, 0) is 22.7 Å². The summed E-state index contributed by atoms with van der Waals surface area (Å²) in [5.41, 5.74) is -4.00. The fourth-order valence-electron chi connectivity index (χ4n) is 2.37. The zero-order chi connectivity index (χ0) is 20.5. The summed E-state index contributed by atoms with van der Waals surface area (Å²) < 4.78 is 87.5. The van der Waals surface area contributed by atoms with Crippen LogP contribution in [0.2, 0.25) is 0 Å². The van der Waals surface area contributed by atoms with Crippen LogP contribution in [0.3, 0.4) is 0 Å². The molecule has 0 spiro atoms. The third-order valence-corrected chi connectivity index (χ3v) is 3.80. The summed E-state index contributed by atoms with van der Waals surface area (Å²) in [4.78, 5) is 11.6. The number of benzene rings is 2.